The number of nitrogens with zero attached hydrogens (tertiary/aromatic N) is 1. The summed E-state index contributed by atoms with van der Waals surface area (Å²) >= 11 is 0. The quantitative estimate of drug-likeness (QED) is 0.306. The van der Waals surface area contributed by atoms with Crippen LogP contribution in [0.3, 0.4) is 0 Å². The van der Waals surface area contributed by atoms with Crippen LogP contribution in [0.4, 0.5) is 0 Å². The van der Waals surface area contributed by atoms with Crippen LogP contribution in [-0.4, -0.2) is 53.8 Å². The molecule has 0 aromatic carbocycles. The molecule has 0 amide bonds. The van der Waals surface area contributed by atoms with Crippen LogP contribution >= 0.6 is 0 Å². The van der Waals surface area contributed by atoms with E-state index >= 15 is 0 Å². The van der Waals surface area contributed by atoms with E-state index in [9.17, 15) is 8.42 Å². The maximum Gasteiger partial charge on any atom is 0.266 e. The van der Waals surface area contributed by atoms with E-state index in [1.54, 1.807) is 0 Å². The average molecular weight is 202 g/mol. The first-order valence-electron chi connectivity index (χ1n) is 2.89. The van der Waals surface area contributed by atoms with Gasteiger partial charge in [0.25, 0.3) is 10.1 Å². The summed E-state index contributed by atoms with van der Waals surface area (Å²) in [6.45, 7) is -0.968. The van der Waals surface area contributed by atoms with Crippen molar-refractivity contribution < 1.29 is 23.2 Å². The van der Waals surface area contributed by atoms with E-state index in [0.29, 0.717) is 0 Å². The van der Waals surface area contributed by atoms with Crippen molar-refractivity contribution in [3.63, 3.8) is 0 Å². The van der Waals surface area contributed by atoms with Crippen molar-refractivity contribution >= 4 is 10.1 Å². The molecule has 12 heavy (non-hydrogen) atoms. The molecule has 6 N–H and O–H groups in total. The summed E-state index contributed by atoms with van der Waals surface area (Å²) in [5.41, 5.74) is 0. The lowest BCUT2D eigenvalue weighted by molar-refractivity contribution is 0.0343. The van der Waals surface area contributed by atoms with Crippen molar-refractivity contribution in [3.05, 3.63) is 0 Å². The van der Waals surface area contributed by atoms with Gasteiger partial charge in [-0.1, -0.05) is 0 Å². The standard InChI is InChI=1S/C4H11NO5S.H3N/c6-3-5(4-7)1-2-11(8,9)10;/h6-7H,1-4H2,(H,8,9,10);1H3. The maximum absolute atomic E-state index is 10.1. The average Bonchev–Trinajstić information content (AvgIpc) is 1.88. The van der Waals surface area contributed by atoms with Gasteiger partial charge in [-0.2, -0.15) is 8.42 Å². The molecule has 0 heterocycles. The fourth-order valence-corrected chi connectivity index (χ4v) is 0.920. The van der Waals surface area contributed by atoms with Gasteiger partial charge in [-0.05, 0) is 0 Å². The lowest BCUT2D eigenvalue weighted by atomic mass is 10.6. The first kappa shape index (κ1) is 14.3. The Morgan fingerprint density at radius 1 is 1.17 bits per heavy atom. The summed E-state index contributed by atoms with van der Waals surface area (Å²) in [5.74, 6) is -0.492. The monoisotopic (exact) mass is 202 g/mol. The summed E-state index contributed by atoms with van der Waals surface area (Å²) in [7, 11) is -4.00. The van der Waals surface area contributed by atoms with Crippen LogP contribution in [0, 0.1) is 0 Å². The highest BCUT2D eigenvalue weighted by molar-refractivity contribution is 7.85. The molecule has 76 valence electrons. The van der Waals surface area contributed by atoms with Crippen molar-refractivity contribution in [2.75, 3.05) is 25.8 Å². The highest BCUT2D eigenvalue weighted by atomic mass is 32.2. The molecule has 0 aromatic heterocycles. The number of hydrogen-bond donors (Lipinski definition) is 4. The van der Waals surface area contributed by atoms with Crippen molar-refractivity contribution in [2.24, 2.45) is 0 Å². The Morgan fingerprint density at radius 3 is 1.83 bits per heavy atom. The maximum atomic E-state index is 10.1. The predicted octanol–water partition coefficient (Wildman–Crippen LogP) is -1.76. The van der Waals surface area contributed by atoms with Crippen LogP contribution in [-0.2, 0) is 10.1 Å². The van der Waals surface area contributed by atoms with Gasteiger partial charge in [-0.15, -0.1) is 0 Å². The smallest absolute Gasteiger partial charge is 0.266 e. The molecule has 0 aliphatic rings. The van der Waals surface area contributed by atoms with Crippen molar-refractivity contribution in [3.8, 4) is 0 Å². The van der Waals surface area contributed by atoms with Crippen LogP contribution in [0.15, 0.2) is 0 Å². The van der Waals surface area contributed by atoms with Crippen LogP contribution in [0.2, 0.25) is 0 Å². The van der Waals surface area contributed by atoms with Crippen LogP contribution in [0.1, 0.15) is 0 Å². The van der Waals surface area contributed by atoms with E-state index in [2.05, 4.69) is 0 Å². The lowest BCUT2D eigenvalue weighted by Gasteiger charge is -2.13. The molecule has 0 rings (SSSR count). The minimum Gasteiger partial charge on any atom is -0.381 e. The zero-order valence-corrected chi connectivity index (χ0v) is 7.37. The first-order valence-corrected chi connectivity index (χ1v) is 4.49. The molecule has 0 fully saturated rings. The van der Waals surface area contributed by atoms with Crippen LogP contribution in [0.5, 0.6) is 0 Å². The fraction of sp³-hybridized carbons (Fsp3) is 1.00. The van der Waals surface area contributed by atoms with Gasteiger partial charge in [0.2, 0.25) is 0 Å². The molecular formula is C4H14N2O5S. The largest absolute Gasteiger partial charge is 0.381 e. The molecule has 0 aliphatic heterocycles. The summed E-state index contributed by atoms with van der Waals surface area (Å²) in [6.07, 6.45) is 0. The molecule has 0 bridgehead atoms. The minimum atomic E-state index is -4.00. The highest BCUT2D eigenvalue weighted by Gasteiger charge is 2.07. The normalized spacial score (nSPS) is 11.3. The molecule has 0 aliphatic carbocycles. The summed E-state index contributed by atoms with van der Waals surface area (Å²) in [5, 5.41) is 16.8. The summed E-state index contributed by atoms with van der Waals surface area (Å²) < 4.78 is 28.5. The fourth-order valence-electron chi connectivity index (χ4n) is 0.431. The van der Waals surface area contributed by atoms with E-state index < -0.39 is 29.3 Å². The SMILES string of the molecule is N.O=S(=O)(O)CCN(CO)CO. The Balaban J connectivity index is 0. The number of hydrogen-bond acceptors (Lipinski definition) is 6. The minimum absolute atomic E-state index is 0. The zero-order chi connectivity index (χ0) is 8.91. The second-order valence-corrected chi connectivity index (χ2v) is 3.54. The van der Waals surface area contributed by atoms with E-state index in [1.807, 2.05) is 0 Å². The van der Waals surface area contributed by atoms with Gasteiger partial charge >= 0.3 is 0 Å². The van der Waals surface area contributed by atoms with Gasteiger partial charge in [0, 0.05) is 6.54 Å². The van der Waals surface area contributed by atoms with Gasteiger partial charge in [-0.25, -0.2) is 0 Å². The van der Waals surface area contributed by atoms with E-state index in [-0.39, 0.29) is 12.7 Å². The highest BCUT2D eigenvalue weighted by Crippen LogP contribution is 1.87. The zero-order valence-electron chi connectivity index (χ0n) is 6.55. The summed E-state index contributed by atoms with van der Waals surface area (Å²) in [6, 6.07) is 0. The Labute approximate surface area is 70.9 Å². The molecule has 0 spiro atoms. The topological polar surface area (TPSA) is 133 Å². The predicted molar refractivity (Wildman–Crippen MR) is 42.3 cm³/mol. The van der Waals surface area contributed by atoms with Crippen LogP contribution < -0.4 is 6.15 Å². The molecule has 0 radical (unpaired) electrons. The second-order valence-electron chi connectivity index (χ2n) is 1.96. The first-order chi connectivity index (χ1) is 4.99. The molecular weight excluding hydrogens is 188 g/mol. The van der Waals surface area contributed by atoms with Gasteiger partial charge in [-0.3, -0.25) is 9.45 Å². The molecule has 0 aromatic rings. The summed E-state index contributed by atoms with van der Waals surface area (Å²) in [4.78, 5) is 1.05. The van der Waals surface area contributed by atoms with Gasteiger partial charge in [0.1, 0.15) is 0 Å². The number of aliphatic hydroxyl groups excluding tert-OH is 2. The molecule has 0 unspecified atom stereocenters. The Bertz CT molecular complexity index is 188. The number of rotatable bonds is 5. The van der Waals surface area contributed by atoms with Gasteiger partial charge in [0.05, 0.1) is 19.2 Å². The Morgan fingerprint density at radius 2 is 1.58 bits per heavy atom. The lowest BCUT2D eigenvalue weighted by Crippen LogP contribution is -2.30. The van der Waals surface area contributed by atoms with Gasteiger partial charge < -0.3 is 16.4 Å². The Hall–Kier alpha value is -0.250. The third kappa shape index (κ3) is 7.85. The van der Waals surface area contributed by atoms with Crippen molar-refractivity contribution in [1.82, 2.24) is 11.1 Å². The van der Waals surface area contributed by atoms with Crippen molar-refractivity contribution in [2.45, 2.75) is 0 Å². The third-order valence-electron chi connectivity index (χ3n) is 1.07. The molecule has 7 nitrogen and oxygen atoms in total. The van der Waals surface area contributed by atoms with E-state index in [0.717, 1.165) is 4.90 Å². The van der Waals surface area contributed by atoms with Crippen LogP contribution in [0.25, 0.3) is 0 Å². The van der Waals surface area contributed by atoms with Gasteiger partial charge in [0.15, 0.2) is 0 Å². The van der Waals surface area contributed by atoms with E-state index in [1.165, 1.54) is 0 Å². The van der Waals surface area contributed by atoms with E-state index in [4.69, 9.17) is 14.8 Å². The second kappa shape index (κ2) is 6.29. The molecule has 8 heteroatoms. The third-order valence-corrected chi connectivity index (χ3v) is 1.76. The molecule has 0 saturated carbocycles. The molecule has 0 saturated heterocycles. The number of aliphatic hydroxyl groups is 2. The molecule has 0 atom stereocenters. The Kier molecular flexibility index (Phi) is 7.48. The van der Waals surface area contributed by atoms with Crippen molar-refractivity contribution in [1.29, 1.82) is 0 Å².